The van der Waals surface area contributed by atoms with Gasteiger partial charge in [0, 0.05) is 6.42 Å². The van der Waals surface area contributed by atoms with Gasteiger partial charge in [0.1, 0.15) is 12.0 Å². The summed E-state index contributed by atoms with van der Waals surface area (Å²) < 4.78 is 5.65. The van der Waals surface area contributed by atoms with Crippen LogP contribution in [0.5, 0.6) is 0 Å². The number of fused-ring (bicyclic) bond motifs is 5. The van der Waals surface area contributed by atoms with Crippen molar-refractivity contribution in [1.82, 2.24) is 0 Å². The number of rotatable bonds is 8. The summed E-state index contributed by atoms with van der Waals surface area (Å²) in [6, 6.07) is 0. The maximum atomic E-state index is 11.8. The highest BCUT2D eigenvalue weighted by Crippen LogP contribution is 2.67. The number of hydrogen-bond donors (Lipinski definition) is 0. The lowest BCUT2D eigenvalue weighted by Crippen LogP contribution is -2.51. The Kier molecular flexibility index (Phi) is 8.18. The first-order valence-electron chi connectivity index (χ1n) is 14.6. The highest BCUT2D eigenvalue weighted by atomic mass is 35.5. The Morgan fingerprint density at radius 1 is 1.09 bits per heavy atom. The Bertz CT molecular complexity index is 759. The summed E-state index contributed by atoms with van der Waals surface area (Å²) in [5.74, 6) is 5.74. The Hall–Kier alpha value is -0.500. The van der Waals surface area contributed by atoms with Crippen LogP contribution in [-0.4, -0.2) is 18.0 Å². The van der Waals surface area contributed by atoms with E-state index in [2.05, 4.69) is 47.6 Å². The fraction of sp³-hybridized carbons (Fsp3) is 0.903. The average molecular weight is 491 g/mol. The number of ether oxygens (including phenoxy) is 1. The molecule has 0 heterocycles. The van der Waals surface area contributed by atoms with Crippen LogP contribution in [0.4, 0.5) is 0 Å². The molecule has 4 rings (SSSR count). The van der Waals surface area contributed by atoms with E-state index in [1.165, 1.54) is 51.4 Å². The molecule has 0 N–H and O–H groups in total. The monoisotopic (exact) mass is 490 g/mol. The van der Waals surface area contributed by atoms with E-state index in [-0.39, 0.29) is 18.0 Å². The molecular weight excluding hydrogens is 440 g/mol. The topological polar surface area (TPSA) is 26.3 Å². The Morgan fingerprint density at radius 2 is 1.85 bits per heavy atom. The lowest BCUT2D eigenvalue weighted by molar-refractivity contribution is -0.148. The quantitative estimate of drug-likeness (QED) is 0.193. The zero-order chi connectivity index (χ0) is 24.7. The fourth-order valence-electron chi connectivity index (χ4n) is 9.61. The van der Waals surface area contributed by atoms with E-state index in [9.17, 15) is 4.79 Å². The van der Waals surface area contributed by atoms with Crippen molar-refractivity contribution in [1.29, 1.82) is 0 Å². The average Bonchev–Trinajstić information content (AvgIpc) is 3.16. The summed E-state index contributed by atoms with van der Waals surface area (Å²) in [4.78, 5) is 11.8. The third-order valence-electron chi connectivity index (χ3n) is 11.7. The van der Waals surface area contributed by atoms with Crippen molar-refractivity contribution in [3.8, 4) is 0 Å². The van der Waals surface area contributed by atoms with E-state index in [0.29, 0.717) is 10.8 Å². The Labute approximate surface area is 215 Å². The van der Waals surface area contributed by atoms with Gasteiger partial charge in [-0.15, -0.1) is 11.6 Å². The Morgan fingerprint density at radius 3 is 2.53 bits per heavy atom. The van der Waals surface area contributed by atoms with Gasteiger partial charge in [0.25, 0.3) is 0 Å². The summed E-state index contributed by atoms with van der Waals surface area (Å²) in [5, 5.41) is 0. The van der Waals surface area contributed by atoms with Gasteiger partial charge in [0.15, 0.2) is 0 Å². The summed E-state index contributed by atoms with van der Waals surface area (Å²) in [6.45, 7) is 15.0. The second-order valence-corrected chi connectivity index (χ2v) is 13.7. The van der Waals surface area contributed by atoms with Crippen molar-refractivity contribution in [3.63, 3.8) is 0 Å². The fourth-order valence-corrected chi connectivity index (χ4v) is 9.67. The molecule has 0 aliphatic heterocycles. The van der Waals surface area contributed by atoms with Gasteiger partial charge >= 0.3 is 5.97 Å². The van der Waals surface area contributed by atoms with Gasteiger partial charge in [-0.05, 0) is 104 Å². The third-order valence-corrected chi connectivity index (χ3v) is 11.9. The number of allylic oxidation sites excluding steroid dienone is 1. The molecule has 0 spiro atoms. The molecule has 0 aromatic heterocycles. The van der Waals surface area contributed by atoms with Gasteiger partial charge in [0.2, 0.25) is 0 Å². The smallest absolute Gasteiger partial charge is 0.321 e. The molecule has 0 bridgehead atoms. The molecule has 34 heavy (non-hydrogen) atoms. The molecule has 4 aliphatic rings. The summed E-state index contributed by atoms with van der Waals surface area (Å²) in [7, 11) is 0. The van der Waals surface area contributed by atoms with Crippen LogP contribution in [0.25, 0.3) is 0 Å². The molecule has 4 aliphatic carbocycles. The molecule has 3 heteroatoms. The second-order valence-electron chi connectivity index (χ2n) is 13.4. The highest BCUT2D eigenvalue weighted by molar-refractivity contribution is 6.26. The second kappa shape index (κ2) is 10.5. The van der Waals surface area contributed by atoms with Crippen LogP contribution in [0.1, 0.15) is 112 Å². The van der Waals surface area contributed by atoms with Crippen molar-refractivity contribution >= 4 is 17.6 Å². The van der Waals surface area contributed by atoms with Crippen LogP contribution in [0.3, 0.4) is 0 Å². The molecule has 0 aromatic carbocycles. The SMILES string of the molecule is CC[C@H](CC[C@@H](C)[C@H]1CC[C@H]2[C@@H]3CC=C4C[C@@H](OC(=O)CCl)CC[C@]4(C)[C@H]3CC[C@]12C)C(C)C. The van der Waals surface area contributed by atoms with E-state index in [0.717, 1.165) is 60.7 Å². The normalized spacial score (nSPS) is 41.2. The van der Waals surface area contributed by atoms with Crippen molar-refractivity contribution in [2.45, 2.75) is 118 Å². The first-order valence-corrected chi connectivity index (χ1v) is 15.1. The third kappa shape index (κ3) is 4.76. The summed E-state index contributed by atoms with van der Waals surface area (Å²) in [6.07, 6.45) is 16.8. The van der Waals surface area contributed by atoms with Gasteiger partial charge in [0.05, 0.1) is 0 Å². The maximum Gasteiger partial charge on any atom is 0.321 e. The number of esters is 1. The predicted molar refractivity (Wildman–Crippen MR) is 143 cm³/mol. The lowest BCUT2D eigenvalue weighted by atomic mass is 9.47. The van der Waals surface area contributed by atoms with Crippen LogP contribution in [0.15, 0.2) is 11.6 Å². The Balaban J connectivity index is 1.44. The minimum Gasteiger partial charge on any atom is -0.461 e. The van der Waals surface area contributed by atoms with Gasteiger partial charge in [-0.2, -0.15) is 0 Å². The van der Waals surface area contributed by atoms with E-state index in [1.54, 1.807) is 5.57 Å². The predicted octanol–water partition coefficient (Wildman–Crippen LogP) is 8.81. The van der Waals surface area contributed by atoms with E-state index in [4.69, 9.17) is 16.3 Å². The van der Waals surface area contributed by atoms with Crippen LogP contribution in [0, 0.1) is 52.3 Å². The highest BCUT2D eigenvalue weighted by Gasteiger charge is 2.59. The number of hydrogen-bond acceptors (Lipinski definition) is 2. The van der Waals surface area contributed by atoms with Gasteiger partial charge in [-0.1, -0.05) is 66.0 Å². The molecule has 0 unspecified atom stereocenters. The molecule has 3 saturated carbocycles. The molecular formula is C31H51ClO2. The minimum absolute atomic E-state index is 0.0328. The minimum atomic E-state index is -0.261. The van der Waals surface area contributed by atoms with Crippen molar-refractivity contribution in [2.75, 3.05) is 5.88 Å². The van der Waals surface area contributed by atoms with E-state index in [1.807, 2.05) is 0 Å². The van der Waals surface area contributed by atoms with Crippen molar-refractivity contribution < 1.29 is 9.53 Å². The molecule has 0 saturated heterocycles. The number of halogens is 1. The van der Waals surface area contributed by atoms with Gasteiger partial charge in [-0.3, -0.25) is 4.79 Å². The number of carbonyl (C=O) groups excluding carboxylic acids is 1. The van der Waals surface area contributed by atoms with Crippen LogP contribution >= 0.6 is 11.6 Å². The lowest BCUT2D eigenvalue weighted by Gasteiger charge is -2.58. The number of carbonyl (C=O) groups is 1. The van der Waals surface area contributed by atoms with E-state index >= 15 is 0 Å². The standard InChI is InChI=1S/C31H51ClO2/c1-7-22(20(2)3)9-8-21(4)26-12-13-27-25-11-10-23-18-24(34-29(33)19-32)14-16-30(23,5)28(25)15-17-31(26,27)6/h10,20-22,24-28H,7-9,11-19H2,1-6H3/t21-,22-,24+,25+,26-,27+,28+,30+,31-/m1/s1. The van der Waals surface area contributed by atoms with E-state index < -0.39 is 0 Å². The first kappa shape index (κ1) is 26.6. The van der Waals surface area contributed by atoms with Crippen LogP contribution < -0.4 is 0 Å². The summed E-state index contributed by atoms with van der Waals surface area (Å²) >= 11 is 5.69. The molecule has 0 amide bonds. The van der Waals surface area contributed by atoms with Crippen LogP contribution in [0.2, 0.25) is 0 Å². The zero-order valence-corrected chi connectivity index (χ0v) is 23.6. The first-order chi connectivity index (χ1) is 16.1. The maximum absolute atomic E-state index is 11.8. The van der Waals surface area contributed by atoms with Gasteiger partial charge in [-0.25, -0.2) is 0 Å². The molecule has 2 nitrogen and oxygen atoms in total. The molecule has 0 aromatic rings. The van der Waals surface area contributed by atoms with Crippen molar-refractivity contribution in [3.05, 3.63) is 11.6 Å². The van der Waals surface area contributed by atoms with Crippen molar-refractivity contribution in [2.24, 2.45) is 52.3 Å². The largest absolute Gasteiger partial charge is 0.461 e. The molecule has 9 atom stereocenters. The summed E-state index contributed by atoms with van der Waals surface area (Å²) in [5.41, 5.74) is 2.43. The molecule has 3 fully saturated rings. The van der Waals surface area contributed by atoms with Gasteiger partial charge < -0.3 is 4.74 Å². The van der Waals surface area contributed by atoms with Crippen LogP contribution in [-0.2, 0) is 9.53 Å². The molecule has 194 valence electrons. The number of alkyl halides is 1. The zero-order valence-electron chi connectivity index (χ0n) is 22.9. The molecule has 0 radical (unpaired) electrons.